The number of aliphatic imine (C=N–C) groups is 1. The fourth-order valence-corrected chi connectivity index (χ4v) is 2.41. The van der Waals surface area contributed by atoms with Gasteiger partial charge < -0.3 is 10.6 Å². The Hall–Kier alpha value is -0.840. The molecule has 23 heavy (non-hydrogen) atoms. The minimum Gasteiger partial charge on any atom is -0.357 e. The molecule has 0 bridgehead atoms. The van der Waals surface area contributed by atoms with Crippen molar-refractivity contribution < 1.29 is 13.2 Å². The molecule has 1 rings (SSSR count). The van der Waals surface area contributed by atoms with Crippen LogP contribution >= 0.6 is 35.3 Å². The van der Waals surface area contributed by atoms with E-state index >= 15 is 0 Å². The molecule has 2 N–H and O–H groups in total. The maximum Gasteiger partial charge on any atom is 0.434 e. The Morgan fingerprint density at radius 1 is 1.39 bits per heavy atom. The maximum absolute atomic E-state index is 12.4. The zero-order valence-electron chi connectivity index (χ0n) is 13.1. The predicted molar refractivity (Wildman–Crippen MR) is 99.6 cm³/mol. The molecule has 132 valence electrons. The van der Waals surface area contributed by atoms with Crippen LogP contribution in [0.15, 0.2) is 22.5 Å². The third kappa shape index (κ3) is 9.14. The van der Waals surface area contributed by atoms with Crippen LogP contribution in [0.1, 0.15) is 31.0 Å². The molecule has 1 aromatic heterocycles. The number of alkyl halides is 3. The second-order valence-corrected chi connectivity index (χ2v) is 5.36. The van der Waals surface area contributed by atoms with Crippen molar-refractivity contribution in [3.05, 3.63) is 28.2 Å². The van der Waals surface area contributed by atoms with Crippen molar-refractivity contribution in [1.82, 2.24) is 15.6 Å². The molecule has 0 amide bonds. The Kier molecular flexibility index (Phi) is 11.2. The van der Waals surface area contributed by atoms with E-state index in [9.17, 15) is 13.2 Å². The number of hydrogen-bond acceptors (Lipinski definition) is 3. The van der Waals surface area contributed by atoms with E-state index < -0.39 is 11.9 Å². The van der Waals surface area contributed by atoms with Crippen LogP contribution < -0.4 is 10.6 Å². The summed E-state index contributed by atoms with van der Waals surface area (Å²) in [5, 5.41) is 7.70. The van der Waals surface area contributed by atoms with E-state index in [1.54, 1.807) is 0 Å². The second-order valence-electron chi connectivity index (χ2n) is 4.42. The van der Waals surface area contributed by atoms with Crippen molar-refractivity contribution >= 4 is 41.3 Å². The molecule has 0 aliphatic heterocycles. The Bertz CT molecular complexity index is 500. The molecule has 0 radical (unpaired) electrons. The van der Waals surface area contributed by atoms with Gasteiger partial charge in [0.15, 0.2) is 11.7 Å². The van der Waals surface area contributed by atoms with Crippen LogP contribution in [0.25, 0.3) is 0 Å². The number of thiazole rings is 1. The largest absolute Gasteiger partial charge is 0.434 e. The zero-order valence-corrected chi connectivity index (χ0v) is 16.3. The van der Waals surface area contributed by atoms with Crippen LogP contribution in [0.2, 0.25) is 0 Å². The molecule has 0 aromatic carbocycles. The second kappa shape index (κ2) is 11.7. The molecule has 0 spiro atoms. The normalized spacial score (nSPS) is 12.3. The van der Waals surface area contributed by atoms with E-state index in [4.69, 9.17) is 0 Å². The molecule has 1 aromatic rings. The molecule has 0 saturated heterocycles. The molecular formula is C14H22F3IN4S. The van der Waals surface area contributed by atoms with Crippen LogP contribution in [-0.2, 0) is 12.6 Å². The number of aromatic nitrogens is 1. The number of halogens is 4. The van der Waals surface area contributed by atoms with Crippen molar-refractivity contribution in [3.63, 3.8) is 0 Å². The van der Waals surface area contributed by atoms with Gasteiger partial charge in [-0.3, -0.25) is 4.99 Å². The fourth-order valence-electron chi connectivity index (χ4n) is 1.60. The molecule has 0 saturated carbocycles. The lowest BCUT2D eigenvalue weighted by atomic mass is 10.4. The van der Waals surface area contributed by atoms with Crippen LogP contribution in [0.3, 0.4) is 0 Å². The van der Waals surface area contributed by atoms with Gasteiger partial charge in [-0.15, -0.1) is 35.3 Å². The fraction of sp³-hybridized carbons (Fsp3) is 0.571. The highest BCUT2D eigenvalue weighted by atomic mass is 127. The molecule has 1 heterocycles. The van der Waals surface area contributed by atoms with E-state index in [1.807, 2.05) is 26.0 Å². The average molecular weight is 462 g/mol. The van der Waals surface area contributed by atoms with Gasteiger partial charge in [-0.25, -0.2) is 4.98 Å². The van der Waals surface area contributed by atoms with Gasteiger partial charge >= 0.3 is 6.18 Å². The molecular weight excluding hydrogens is 440 g/mol. The molecule has 9 heteroatoms. The lowest BCUT2D eigenvalue weighted by Gasteiger charge is -2.10. The first-order valence-electron chi connectivity index (χ1n) is 7.12. The number of nitrogens with zero attached hydrogens (tertiary/aromatic N) is 2. The third-order valence-electron chi connectivity index (χ3n) is 2.62. The zero-order chi connectivity index (χ0) is 16.4. The van der Waals surface area contributed by atoms with Crippen LogP contribution in [0, 0.1) is 0 Å². The van der Waals surface area contributed by atoms with Gasteiger partial charge in [0.1, 0.15) is 0 Å². The average Bonchev–Trinajstić information content (AvgIpc) is 2.92. The smallest absolute Gasteiger partial charge is 0.357 e. The van der Waals surface area contributed by atoms with Crippen molar-refractivity contribution in [2.45, 2.75) is 32.9 Å². The molecule has 0 aliphatic rings. The Morgan fingerprint density at radius 3 is 2.70 bits per heavy atom. The summed E-state index contributed by atoms with van der Waals surface area (Å²) in [5.41, 5.74) is -0.820. The van der Waals surface area contributed by atoms with Gasteiger partial charge in [0.25, 0.3) is 0 Å². The number of guanidine groups is 1. The van der Waals surface area contributed by atoms with E-state index in [0.717, 1.165) is 29.7 Å². The number of nitrogens with one attached hydrogen (secondary N) is 2. The number of allylic oxidation sites excluding steroid dienone is 1. The quantitative estimate of drug-likeness (QED) is 0.213. The van der Waals surface area contributed by atoms with Gasteiger partial charge in [-0.2, -0.15) is 13.2 Å². The molecule has 0 unspecified atom stereocenters. The highest BCUT2D eigenvalue weighted by Crippen LogP contribution is 2.29. The highest BCUT2D eigenvalue weighted by molar-refractivity contribution is 14.0. The Balaban J connectivity index is 0.00000484. The van der Waals surface area contributed by atoms with Crippen LogP contribution in [-0.4, -0.2) is 30.6 Å². The summed E-state index contributed by atoms with van der Waals surface area (Å²) in [5.74, 6) is 0.666. The first-order chi connectivity index (χ1) is 10.5. The van der Waals surface area contributed by atoms with Crippen LogP contribution in [0.5, 0.6) is 0 Å². The summed E-state index contributed by atoms with van der Waals surface area (Å²) < 4.78 is 37.3. The predicted octanol–water partition coefficient (Wildman–Crippen LogP) is 3.84. The summed E-state index contributed by atoms with van der Waals surface area (Å²) in [4.78, 5) is 7.97. The SMILES string of the molecule is C/C=C/CCN=C(NCC)NCCc1nc(C(F)(F)F)cs1.I. The minimum absolute atomic E-state index is 0. The summed E-state index contributed by atoms with van der Waals surface area (Å²) >= 11 is 1.03. The van der Waals surface area contributed by atoms with Crippen molar-refractivity contribution in [3.8, 4) is 0 Å². The molecule has 0 atom stereocenters. The van der Waals surface area contributed by atoms with Gasteiger partial charge in [0, 0.05) is 31.4 Å². The summed E-state index contributed by atoms with van der Waals surface area (Å²) in [6.07, 6.45) is 0.914. The van der Waals surface area contributed by atoms with Crippen LogP contribution in [0.4, 0.5) is 13.2 Å². The number of hydrogen-bond donors (Lipinski definition) is 2. The monoisotopic (exact) mass is 462 g/mol. The molecule has 4 nitrogen and oxygen atoms in total. The lowest BCUT2D eigenvalue weighted by Crippen LogP contribution is -2.38. The highest BCUT2D eigenvalue weighted by Gasteiger charge is 2.33. The summed E-state index contributed by atoms with van der Waals surface area (Å²) in [7, 11) is 0. The van der Waals surface area contributed by atoms with E-state index in [2.05, 4.69) is 20.6 Å². The standard InChI is InChI=1S/C14H21F3N4S.HI/c1-3-5-6-8-19-13(18-4-2)20-9-7-12-21-11(10-22-12)14(15,16)17;/h3,5,10H,4,6-9H2,1-2H3,(H2,18,19,20);1H/b5-3+;. The maximum atomic E-state index is 12.4. The van der Waals surface area contributed by atoms with Crippen molar-refractivity contribution in [2.75, 3.05) is 19.6 Å². The van der Waals surface area contributed by atoms with Gasteiger partial charge in [-0.05, 0) is 20.3 Å². The Labute approximate surface area is 155 Å². The van der Waals surface area contributed by atoms with E-state index in [1.165, 1.54) is 0 Å². The number of rotatable bonds is 7. The minimum atomic E-state index is -4.37. The summed E-state index contributed by atoms with van der Waals surface area (Å²) in [6.45, 7) is 5.79. The third-order valence-corrected chi connectivity index (χ3v) is 3.53. The lowest BCUT2D eigenvalue weighted by molar-refractivity contribution is -0.140. The van der Waals surface area contributed by atoms with E-state index in [-0.39, 0.29) is 24.0 Å². The first kappa shape index (κ1) is 22.2. The van der Waals surface area contributed by atoms with Crippen molar-refractivity contribution in [2.24, 2.45) is 4.99 Å². The topological polar surface area (TPSA) is 49.3 Å². The summed E-state index contributed by atoms with van der Waals surface area (Å²) in [6, 6.07) is 0. The van der Waals surface area contributed by atoms with E-state index in [0.29, 0.717) is 30.5 Å². The Morgan fingerprint density at radius 2 is 2.13 bits per heavy atom. The van der Waals surface area contributed by atoms with Gasteiger partial charge in [0.2, 0.25) is 0 Å². The van der Waals surface area contributed by atoms with Crippen molar-refractivity contribution in [1.29, 1.82) is 0 Å². The molecule has 0 aliphatic carbocycles. The van der Waals surface area contributed by atoms with Gasteiger partial charge in [-0.1, -0.05) is 12.2 Å². The van der Waals surface area contributed by atoms with Gasteiger partial charge in [0.05, 0.1) is 5.01 Å². The molecule has 0 fully saturated rings. The first-order valence-corrected chi connectivity index (χ1v) is 8.00.